The Morgan fingerprint density at radius 3 is 2.04 bits per heavy atom. The SMILES string of the molecule is NC(=O)C(=O)[C@@H]1CCCCCCCCCC[C@H](N)C(=O)N2CCC[C@H]2C(=O)N1. The average Bonchev–Trinajstić information content (AvgIpc) is 3.16. The zero-order chi connectivity index (χ0) is 20.5. The Balaban J connectivity index is 2.11. The van der Waals surface area contributed by atoms with Crippen LogP contribution in [0.25, 0.3) is 0 Å². The summed E-state index contributed by atoms with van der Waals surface area (Å²) in [5.41, 5.74) is 11.2. The highest BCUT2D eigenvalue weighted by molar-refractivity contribution is 6.37. The summed E-state index contributed by atoms with van der Waals surface area (Å²) in [6.07, 6.45) is 10.3. The van der Waals surface area contributed by atoms with Crippen molar-refractivity contribution in [2.45, 2.75) is 95.2 Å². The summed E-state index contributed by atoms with van der Waals surface area (Å²) in [5, 5.41) is 2.68. The maximum Gasteiger partial charge on any atom is 0.287 e. The molecule has 8 heteroatoms. The number of nitrogens with zero attached hydrogens (tertiary/aromatic N) is 1. The van der Waals surface area contributed by atoms with Crippen LogP contribution in [0.4, 0.5) is 0 Å². The standard InChI is InChI=1S/C20H34N4O4/c21-14-10-7-5-3-1-2-4-6-8-11-15(17(25)18(22)26)23-19(27)16-12-9-13-24(16)20(14)28/h14-16H,1-13,21H2,(H2,22,26)(H,23,27)/t14-,15-,16-/m0/s1. The molecule has 0 radical (unpaired) electrons. The van der Waals surface area contributed by atoms with E-state index in [1.54, 1.807) is 0 Å². The minimum atomic E-state index is -1.04. The number of hydrogen-bond donors (Lipinski definition) is 3. The maximum atomic E-state index is 12.8. The number of primary amides is 1. The molecule has 2 heterocycles. The molecule has 2 rings (SSSR count). The second-order valence-electron chi connectivity index (χ2n) is 7.99. The summed E-state index contributed by atoms with van der Waals surface area (Å²) >= 11 is 0. The maximum absolute atomic E-state index is 12.8. The van der Waals surface area contributed by atoms with Gasteiger partial charge in [-0.15, -0.1) is 0 Å². The van der Waals surface area contributed by atoms with Crippen LogP contribution >= 0.6 is 0 Å². The van der Waals surface area contributed by atoms with Gasteiger partial charge in [-0.1, -0.05) is 51.4 Å². The third-order valence-electron chi connectivity index (χ3n) is 5.79. The number of ketones is 1. The van der Waals surface area contributed by atoms with Crippen LogP contribution in [-0.2, 0) is 19.2 Å². The lowest BCUT2D eigenvalue weighted by Crippen LogP contribution is -2.55. The first-order chi connectivity index (χ1) is 13.4. The van der Waals surface area contributed by atoms with Crippen molar-refractivity contribution in [1.29, 1.82) is 0 Å². The van der Waals surface area contributed by atoms with Gasteiger partial charge in [0.25, 0.3) is 5.91 Å². The van der Waals surface area contributed by atoms with Gasteiger partial charge >= 0.3 is 0 Å². The van der Waals surface area contributed by atoms with Crippen LogP contribution in [0.1, 0.15) is 77.0 Å². The largest absolute Gasteiger partial charge is 0.363 e. The first-order valence-corrected chi connectivity index (χ1v) is 10.6. The number of carbonyl (C=O) groups is 4. The number of Topliss-reactive ketones (excluding diaryl/α,β-unsaturated/α-hetero) is 1. The first-order valence-electron chi connectivity index (χ1n) is 10.6. The molecule has 3 atom stereocenters. The molecule has 0 spiro atoms. The van der Waals surface area contributed by atoms with Crippen molar-refractivity contribution >= 4 is 23.5 Å². The summed E-state index contributed by atoms with van der Waals surface area (Å²) in [4.78, 5) is 50.6. The Labute approximate surface area is 166 Å². The molecule has 2 saturated heterocycles. The van der Waals surface area contributed by atoms with Crippen molar-refractivity contribution in [2.75, 3.05) is 6.54 Å². The summed E-state index contributed by atoms with van der Waals surface area (Å²) in [6.45, 7) is 0.485. The van der Waals surface area contributed by atoms with Crippen molar-refractivity contribution in [3.8, 4) is 0 Å². The highest BCUT2D eigenvalue weighted by Crippen LogP contribution is 2.21. The van der Waals surface area contributed by atoms with Gasteiger partial charge in [0.05, 0.1) is 12.1 Å². The molecule has 0 aromatic rings. The van der Waals surface area contributed by atoms with E-state index < -0.39 is 35.7 Å². The molecule has 5 N–H and O–H groups in total. The minimum Gasteiger partial charge on any atom is -0.363 e. The zero-order valence-corrected chi connectivity index (χ0v) is 16.7. The fraction of sp³-hybridized carbons (Fsp3) is 0.800. The highest BCUT2D eigenvalue weighted by Gasteiger charge is 2.37. The van der Waals surface area contributed by atoms with Crippen molar-refractivity contribution in [3.63, 3.8) is 0 Å². The summed E-state index contributed by atoms with van der Waals surface area (Å²) in [6, 6.07) is -2.17. The Kier molecular flexibility index (Phi) is 8.89. The second-order valence-corrected chi connectivity index (χ2v) is 7.99. The first kappa shape index (κ1) is 22.3. The average molecular weight is 395 g/mol. The number of amides is 3. The molecule has 0 bridgehead atoms. The van der Waals surface area contributed by atoms with Crippen LogP contribution in [0.15, 0.2) is 0 Å². The molecule has 0 aliphatic carbocycles. The van der Waals surface area contributed by atoms with Gasteiger partial charge in [-0.3, -0.25) is 19.2 Å². The lowest BCUT2D eigenvalue weighted by Gasteiger charge is -2.28. The van der Waals surface area contributed by atoms with Gasteiger partial charge < -0.3 is 21.7 Å². The molecule has 158 valence electrons. The van der Waals surface area contributed by atoms with E-state index in [9.17, 15) is 19.2 Å². The van der Waals surface area contributed by atoms with Crippen LogP contribution in [0.3, 0.4) is 0 Å². The van der Waals surface area contributed by atoms with E-state index in [1.165, 1.54) is 4.90 Å². The monoisotopic (exact) mass is 394 g/mol. The Morgan fingerprint density at radius 2 is 1.43 bits per heavy atom. The van der Waals surface area contributed by atoms with Gasteiger partial charge in [-0.25, -0.2) is 0 Å². The number of rotatable bonds is 2. The van der Waals surface area contributed by atoms with Crippen molar-refractivity contribution in [1.82, 2.24) is 10.2 Å². The molecule has 2 fully saturated rings. The number of nitrogens with two attached hydrogens (primary N) is 2. The molecule has 0 saturated carbocycles. The van der Waals surface area contributed by atoms with E-state index in [0.717, 1.165) is 51.4 Å². The van der Waals surface area contributed by atoms with Gasteiger partial charge in [0.2, 0.25) is 17.6 Å². The fourth-order valence-corrected chi connectivity index (χ4v) is 4.12. The molecule has 2 aliphatic rings. The van der Waals surface area contributed by atoms with Crippen molar-refractivity contribution in [3.05, 3.63) is 0 Å². The van der Waals surface area contributed by atoms with Crippen LogP contribution in [0.2, 0.25) is 0 Å². The molecule has 8 nitrogen and oxygen atoms in total. The van der Waals surface area contributed by atoms with Crippen LogP contribution in [0.5, 0.6) is 0 Å². The molecular formula is C20H34N4O4. The van der Waals surface area contributed by atoms with Crippen LogP contribution in [-0.4, -0.2) is 53.1 Å². The predicted molar refractivity (Wildman–Crippen MR) is 105 cm³/mol. The van der Waals surface area contributed by atoms with E-state index in [4.69, 9.17) is 11.5 Å². The molecule has 2 aliphatic heterocycles. The Morgan fingerprint density at radius 1 is 0.857 bits per heavy atom. The van der Waals surface area contributed by atoms with Crippen LogP contribution in [0, 0.1) is 0 Å². The van der Waals surface area contributed by atoms with Crippen LogP contribution < -0.4 is 16.8 Å². The molecule has 3 amide bonds. The quantitative estimate of drug-likeness (QED) is 0.594. The van der Waals surface area contributed by atoms with E-state index in [2.05, 4.69) is 5.32 Å². The molecule has 0 aromatic heterocycles. The number of carbonyl (C=O) groups excluding carboxylic acids is 4. The van der Waals surface area contributed by atoms with Crippen molar-refractivity contribution in [2.24, 2.45) is 11.5 Å². The predicted octanol–water partition coefficient (Wildman–Crippen LogP) is 0.759. The normalized spacial score (nSPS) is 28.9. The lowest BCUT2D eigenvalue weighted by atomic mass is 10.0. The third kappa shape index (κ3) is 6.29. The summed E-state index contributed by atoms with van der Waals surface area (Å²) in [5.74, 6) is -2.43. The van der Waals surface area contributed by atoms with Gasteiger partial charge in [0.1, 0.15) is 6.04 Å². The Bertz CT molecular complexity index is 581. The molecular weight excluding hydrogens is 360 g/mol. The van der Waals surface area contributed by atoms with E-state index in [1.807, 2.05) is 0 Å². The number of fused-ring (bicyclic) bond motifs is 1. The fourth-order valence-electron chi connectivity index (χ4n) is 4.12. The minimum absolute atomic E-state index is 0.209. The van der Waals surface area contributed by atoms with E-state index >= 15 is 0 Å². The Hall–Kier alpha value is -1.96. The topological polar surface area (TPSA) is 136 Å². The molecule has 0 unspecified atom stereocenters. The van der Waals surface area contributed by atoms with Gasteiger partial charge in [0.15, 0.2) is 0 Å². The third-order valence-corrected chi connectivity index (χ3v) is 5.79. The summed E-state index contributed by atoms with van der Waals surface area (Å²) < 4.78 is 0. The molecule has 28 heavy (non-hydrogen) atoms. The van der Waals surface area contributed by atoms with Gasteiger partial charge in [0, 0.05) is 6.54 Å². The zero-order valence-electron chi connectivity index (χ0n) is 16.7. The smallest absolute Gasteiger partial charge is 0.287 e. The van der Waals surface area contributed by atoms with E-state index in [0.29, 0.717) is 32.2 Å². The van der Waals surface area contributed by atoms with Crippen molar-refractivity contribution < 1.29 is 19.2 Å². The lowest BCUT2D eigenvalue weighted by molar-refractivity contribution is -0.142. The second kappa shape index (κ2) is 11.1. The highest BCUT2D eigenvalue weighted by atomic mass is 16.2. The summed E-state index contributed by atoms with van der Waals surface area (Å²) in [7, 11) is 0. The number of hydrogen-bond acceptors (Lipinski definition) is 5. The number of nitrogens with one attached hydrogen (secondary N) is 1. The molecule has 0 aromatic carbocycles. The van der Waals surface area contributed by atoms with E-state index in [-0.39, 0.29) is 5.91 Å². The van der Waals surface area contributed by atoms with Gasteiger partial charge in [-0.05, 0) is 25.7 Å². The van der Waals surface area contributed by atoms with Gasteiger partial charge in [-0.2, -0.15) is 0 Å².